The number of ether oxygens (including phenoxy) is 2. The Labute approximate surface area is 162 Å². The number of halogens is 1. The van der Waals surface area contributed by atoms with Crippen LogP contribution in [0.4, 0.5) is 10.5 Å². The van der Waals surface area contributed by atoms with Gasteiger partial charge in [-0.15, -0.1) is 0 Å². The van der Waals surface area contributed by atoms with Gasteiger partial charge in [-0.2, -0.15) is 11.3 Å². The second-order valence-electron chi connectivity index (χ2n) is 5.90. The van der Waals surface area contributed by atoms with Gasteiger partial charge in [0, 0.05) is 24.7 Å². The molecule has 2 amide bonds. The van der Waals surface area contributed by atoms with Crippen LogP contribution in [-0.4, -0.2) is 50.9 Å². The van der Waals surface area contributed by atoms with E-state index >= 15 is 0 Å². The molecule has 26 heavy (non-hydrogen) atoms. The molecule has 0 bridgehead atoms. The van der Waals surface area contributed by atoms with E-state index in [1.54, 1.807) is 36.6 Å². The first kappa shape index (κ1) is 19.0. The van der Waals surface area contributed by atoms with E-state index in [2.05, 4.69) is 32.4 Å². The van der Waals surface area contributed by atoms with E-state index in [-0.39, 0.29) is 12.1 Å². The number of morpholine rings is 1. The van der Waals surface area contributed by atoms with Crippen LogP contribution in [-0.2, 0) is 4.74 Å². The lowest BCUT2D eigenvalue weighted by Crippen LogP contribution is -2.44. The maximum absolute atomic E-state index is 12.4. The second-order valence-corrected chi connectivity index (χ2v) is 7.12. The van der Waals surface area contributed by atoms with Crippen molar-refractivity contribution < 1.29 is 14.3 Å². The standard InChI is InChI=1S/C18H22ClN3O3S/c1-24-17-3-2-14(19)10-15(17)21-18(23)20-11-16(13-4-9-26-12-13)22-5-7-25-8-6-22/h2-4,9-10,12,16H,5-8,11H2,1H3,(H2,20,21,23). The number of nitrogens with zero attached hydrogens (tertiary/aromatic N) is 1. The SMILES string of the molecule is COc1ccc(Cl)cc1NC(=O)NCC(c1ccsc1)N1CCOCC1. The highest BCUT2D eigenvalue weighted by atomic mass is 35.5. The molecule has 2 N–H and O–H groups in total. The van der Waals surface area contributed by atoms with E-state index in [4.69, 9.17) is 21.1 Å². The van der Waals surface area contributed by atoms with Gasteiger partial charge < -0.3 is 20.1 Å². The first-order valence-corrected chi connectivity index (χ1v) is 9.71. The zero-order valence-corrected chi connectivity index (χ0v) is 16.1. The number of rotatable bonds is 6. The molecule has 140 valence electrons. The maximum atomic E-state index is 12.4. The van der Waals surface area contributed by atoms with Crippen LogP contribution in [0.5, 0.6) is 5.75 Å². The predicted molar refractivity (Wildman–Crippen MR) is 104 cm³/mol. The van der Waals surface area contributed by atoms with Crippen LogP contribution in [0.2, 0.25) is 5.02 Å². The Morgan fingerprint density at radius 3 is 2.88 bits per heavy atom. The Hall–Kier alpha value is -1.80. The Kier molecular flexibility index (Phi) is 6.73. The van der Waals surface area contributed by atoms with E-state index < -0.39 is 0 Å². The van der Waals surface area contributed by atoms with Crippen molar-refractivity contribution in [3.63, 3.8) is 0 Å². The van der Waals surface area contributed by atoms with Crippen molar-refractivity contribution in [1.29, 1.82) is 0 Å². The number of anilines is 1. The third-order valence-corrected chi connectivity index (χ3v) is 5.22. The highest BCUT2D eigenvalue weighted by Crippen LogP contribution is 2.28. The maximum Gasteiger partial charge on any atom is 0.319 e. The van der Waals surface area contributed by atoms with Crippen molar-refractivity contribution in [2.75, 3.05) is 45.3 Å². The van der Waals surface area contributed by atoms with E-state index in [0.717, 1.165) is 13.1 Å². The minimum absolute atomic E-state index is 0.122. The molecule has 1 atom stereocenters. The number of nitrogens with one attached hydrogen (secondary N) is 2. The summed E-state index contributed by atoms with van der Waals surface area (Å²) in [6.45, 7) is 3.64. The van der Waals surface area contributed by atoms with Crippen molar-refractivity contribution >= 4 is 34.7 Å². The molecule has 8 heteroatoms. The van der Waals surface area contributed by atoms with Crippen molar-refractivity contribution in [3.8, 4) is 5.75 Å². The number of methoxy groups -OCH3 is 1. The number of amides is 2. The summed E-state index contributed by atoms with van der Waals surface area (Å²) in [4.78, 5) is 14.7. The zero-order valence-electron chi connectivity index (χ0n) is 14.5. The second kappa shape index (κ2) is 9.23. The van der Waals surface area contributed by atoms with Gasteiger partial charge in [-0.25, -0.2) is 4.79 Å². The van der Waals surface area contributed by atoms with E-state index in [0.29, 0.717) is 36.2 Å². The normalized spacial score (nSPS) is 16.1. The monoisotopic (exact) mass is 395 g/mol. The first-order chi connectivity index (χ1) is 12.7. The van der Waals surface area contributed by atoms with Crippen molar-refractivity contribution in [2.24, 2.45) is 0 Å². The van der Waals surface area contributed by atoms with Gasteiger partial charge in [0.05, 0.1) is 32.1 Å². The van der Waals surface area contributed by atoms with Crippen molar-refractivity contribution in [3.05, 3.63) is 45.6 Å². The van der Waals surface area contributed by atoms with Crippen LogP contribution >= 0.6 is 22.9 Å². The van der Waals surface area contributed by atoms with Gasteiger partial charge in [-0.05, 0) is 40.6 Å². The molecule has 1 saturated heterocycles. The number of urea groups is 1. The highest BCUT2D eigenvalue weighted by Gasteiger charge is 2.23. The average Bonchev–Trinajstić information content (AvgIpc) is 3.17. The average molecular weight is 396 g/mol. The lowest BCUT2D eigenvalue weighted by molar-refractivity contribution is 0.0168. The summed E-state index contributed by atoms with van der Waals surface area (Å²) in [5.74, 6) is 0.562. The lowest BCUT2D eigenvalue weighted by atomic mass is 10.1. The molecule has 0 spiro atoms. The van der Waals surface area contributed by atoms with Gasteiger partial charge in [-0.3, -0.25) is 4.90 Å². The lowest BCUT2D eigenvalue weighted by Gasteiger charge is -2.34. The minimum Gasteiger partial charge on any atom is -0.495 e. The Morgan fingerprint density at radius 2 is 2.19 bits per heavy atom. The minimum atomic E-state index is -0.293. The molecule has 2 heterocycles. The molecule has 2 aromatic rings. The fourth-order valence-electron chi connectivity index (χ4n) is 2.95. The van der Waals surface area contributed by atoms with Crippen LogP contribution in [0.3, 0.4) is 0 Å². The van der Waals surface area contributed by atoms with Crippen LogP contribution in [0, 0.1) is 0 Å². The van der Waals surface area contributed by atoms with Crippen molar-refractivity contribution in [2.45, 2.75) is 6.04 Å². The molecular formula is C18H22ClN3O3S. The third-order valence-electron chi connectivity index (χ3n) is 4.28. The third kappa shape index (κ3) is 4.88. The topological polar surface area (TPSA) is 62.8 Å². The van der Waals surface area contributed by atoms with E-state index in [1.165, 1.54) is 5.56 Å². The van der Waals surface area contributed by atoms with Gasteiger partial charge in [0.15, 0.2) is 0 Å². The molecular weight excluding hydrogens is 374 g/mol. The number of hydrogen-bond acceptors (Lipinski definition) is 5. The summed E-state index contributed by atoms with van der Waals surface area (Å²) < 4.78 is 10.7. The summed E-state index contributed by atoms with van der Waals surface area (Å²) in [7, 11) is 1.55. The van der Waals surface area contributed by atoms with E-state index in [9.17, 15) is 4.79 Å². The molecule has 0 saturated carbocycles. The van der Waals surface area contributed by atoms with Crippen molar-refractivity contribution in [1.82, 2.24) is 10.2 Å². The molecule has 1 unspecified atom stereocenters. The number of carbonyl (C=O) groups excluding carboxylic acids is 1. The van der Waals surface area contributed by atoms with Crippen LogP contribution < -0.4 is 15.4 Å². The van der Waals surface area contributed by atoms with Gasteiger partial charge in [0.25, 0.3) is 0 Å². The van der Waals surface area contributed by atoms with Crippen LogP contribution in [0.15, 0.2) is 35.0 Å². The molecule has 6 nitrogen and oxygen atoms in total. The summed E-state index contributed by atoms with van der Waals surface area (Å²) in [6.07, 6.45) is 0. The number of hydrogen-bond donors (Lipinski definition) is 2. The zero-order chi connectivity index (χ0) is 18.4. The number of benzene rings is 1. The molecule has 1 aliphatic heterocycles. The molecule has 1 fully saturated rings. The fourth-order valence-corrected chi connectivity index (χ4v) is 3.82. The van der Waals surface area contributed by atoms with Gasteiger partial charge in [-0.1, -0.05) is 11.6 Å². The highest BCUT2D eigenvalue weighted by molar-refractivity contribution is 7.07. The Bertz CT molecular complexity index is 720. The Balaban J connectivity index is 1.63. The molecule has 1 aromatic heterocycles. The first-order valence-electron chi connectivity index (χ1n) is 8.39. The largest absolute Gasteiger partial charge is 0.495 e. The fraction of sp³-hybridized carbons (Fsp3) is 0.389. The Morgan fingerprint density at radius 1 is 1.38 bits per heavy atom. The van der Waals surface area contributed by atoms with Gasteiger partial charge >= 0.3 is 6.03 Å². The smallest absolute Gasteiger partial charge is 0.319 e. The predicted octanol–water partition coefficient (Wildman–Crippen LogP) is 3.61. The molecule has 3 rings (SSSR count). The number of carbonyl (C=O) groups is 1. The molecule has 0 radical (unpaired) electrons. The van der Waals surface area contributed by atoms with Gasteiger partial charge in [0.1, 0.15) is 5.75 Å². The summed E-state index contributed by atoms with van der Waals surface area (Å²) >= 11 is 7.67. The molecule has 1 aromatic carbocycles. The van der Waals surface area contributed by atoms with Crippen LogP contribution in [0.1, 0.15) is 11.6 Å². The van der Waals surface area contributed by atoms with Gasteiger partial charge in [0.2, 0.25) is 0 Å². The molecule has 1 aliphatic rings. The summed E-state index contributed by atoms with van der Waals surface area (Å²) in [5.41, 5.74) is 1.74. The van der Waals surface area contributed by atoms with Crippen LogP contribution in [0.25, 0.3) is 0 Å². The molecule has 0 aliphatic carbocycles. The quantitative estimate of drug-likeness (QED) is 0.784. The van der Waals surface area contributed by atoms with E-state index in [1.807, 2.05) is 0 Å². The summed E-state index contributed by atoms with van der Waals surface area (Å²) in [6, 6.07) is 7.04. The summed E-state index contributed by atoms with van der Waals surface area (Å²) in [5, 5.41) is 10.5. The number of thiophene rings is 1.